The minimum absolute atomic E-state index is 0.211. The summed E-state index contributed by atoms with van der Waals surface area (Å²) in [4.78, 5) is 35.7. The molecule has 1 aromatic heterocycles. The van der Waals surface area contributed by atoms with Crippen LogP contribution in [-0.4, -0.2) is 24.5 Å². The van der Waals surface area contributed by atoms with Crippen molar-refractivity contribution in [2.45, 2.75) is 6.92 Å². The summed E-state index contributed by atoms with van der Waals surface area (Å²) in [5.74, 6) is -0.452. The summed E-state index contributed by atoms with van der Waals surface area (Å²) < 4.78 is 9.83. The van der Waals surface area contributed by atoms with E-state index in [1.165, 1.54) is 6.26 Å². The number of benzene rings is 2. The average molecular weight is 393 g/mol. The molecule has 3 rings (SSSR count). The van der Waals surface area contributed by atoms with Gasteiger partial charge in [-0.1, -0.05) is 0 Å². The molecule has 0 aliphatic carbocycles. The summed E-state index contributed by atoms with van der Waals surface area (Å²) in [6.07, 6.45) is 0.872. The van der Waals surface area contributed by atoms with Gasteiger partial charge in [0.15, 0.2) is 5.76 Å². The van der Waals surface area contributed by atoms with E-state index in [-0.39, 0.29) is 24.2 Å². The first kappa shape index (κ1) is 19.7. The third kappa shape index (κ3) is 5.46. The molecule has 3 aromatic rings. The van der Waals surface area contributed by atoms with Crippen molar-refractivity contribution in [2.75, 3.05) is 22.6 Å². The quantitative estimate of drug-likeness (QED) is 0.577. The third-order valence-electron chi connectivity index (χ3n) is 3.81. The molecule has 0 aliphatic rings. The van der Waals surface area contributed by atoms with Gasteiger partial charge in [-0.2, -0.15) is 0 Å². The first-order valence-corrected chi connectivity index (χ1v) is 8.85. The van der Waals surface area contributed by atoms with E-state index in [9.17, 15) is 14.4 Å². The van der Waals surface area contributed by atoms with Crippen molar-refractivity contribution < 1.29 is 23.5 Å². The second-order valence-electron chi connectivity index (χ2n) is 5.89. The highest BCUT2D eigenvalue weighted by atomic mass is 16.5. The number of hydrogen-bond acceptors (Lipinski definition) is 5. The number of amides is 3. The van der Waals surface area contributed by atoms with Crippen LogP contribution in [0.1, 0.15) is 27.8 Å². The van der Waals surface area contributed by atoms with E-state index < -0.39 is 6.09 Å². The molecule has 0 saturated heterocycles. The Labute approximate surface area is 166 Å². The Kier molecular flexibility index (Phi) is 6.26. The maximum Gasteiger partial charge on any atom is 0.411 e. The van der Waals surface area contributed by atoms with Crippen molar-refractivity contribution >= 4 is 35.0 Å². The molecule has 0 radical (unpaired) electrons. The van der Waals surface area contributed by atoms with Gasteiger partial charge < -0.3 is 19.8 Å². The van der Waals surface area contributed by atoms with Gasteiger partial charge >= 0.3 is 6.09 Å². The molecule has 0 spiro atoms. The molecule has 29 heavy (non-hydrogen) atoms. The van der Waals surface area contributed by atoms with E-state index in [1.54, 1.807) is 67.6 Å². The number of nitrogens with one attached hydrogen (secondary N) is 3. The molecule has 3 N–H and O–H groups in total. The molecule has 0 fully saturated rings. The summed E-state index contributed by atoms with van der Waals surface area (Å²) in [7, 11) is 0. The molecule has 0 unspecified atom stereocenters. The zero-order valence-electron chi connectivity index (χ0n) is 15.6. The van der Waals surface area contributed by atoms with Gasteiger partial charge in [-0.25, -0.2) is 4.79 Å². The Morgan fingerprint density at radius 1 is 0.793 bits per heavy atom. The fourth-order valence-electron chi connectivity index (χ4n) is 2.43. The highest BCUT2D eigenvalue weighted by molar-refractivity contribution is 6.05. The van der Waals surface area contributed by atoms with E-state index in [0.29, 0.717) is 22.6 Å². The Hall–Kier alpha value is -4.07. The highest BCUT2D eigenvalue weighted by Crippen LogP contribution is 2.17. The highest BCUT2D eigenvalue weighted by Gasteiger charge is 2.10. The lowest BCUT2D eigenvalue weighted by atomic mass is 10.2. The van der Waals surface area contributed by atoms with Crippen LogP contribution >= 0.6 is 0 Å². The lowest BCUT2D eigenvalue weighted by Crippen LogP contribution is -2.14. The van der Waals surface area contributed by atoms with Gasteiger partial charge in [-0.05, 0) is 67.6 Å². The van der Waals surface area contributed by atoms with E-state index in [4.69, 9.17) is 9.15 Å². The number of furan rings is 1. The molecule has 0 aliphatic heterocycles. The zero-order valence-corrected chi connectivity index (χ0v) is 15.6. The molecule has 1 heterocycles. The Morgan fingerprint density at radius 3 is 1.90 bits per heavy atom. The van der Waals surface area contributed by atoms with Gasteiger partial charge in [0.25, 0.3) is 11.8 Å². The number of hydrogen-bond donors (Lipinski definition) is 3. The molecule has 8 nitrogen and oxygen atoms in total. The number of anilines is 3. The van der Waals surface area contributed by atoms with E-state index >= 15 is 0 Å². The smallest absolute Gasteiger partial charge is 0.411 e. The predicted molar refractivity (Wildman–Crippen MR) is 108 cm³/mol. The van der Waals surface area contributed by atoms with Crippen LogP contribution in [-0.2, 0) is 4.74 Å². The molecule has 2 aromatic carbocycles. The Balaban J connectivity index is 1.56. The van der Waals surface area contributed by atoms with E-state index in [0.717, 1.165) is 0 Å². The molecule has 0 atom stereocenters. The minimum Gasteiger partial charge on any atom is -0.459 e. The van der Waals surface area contributed by atoms with Crippen molar-refractivity contribution in [1.29, 1.82) is 0 Å². The number of carbonyl (C=O) groups is 3. The number of carbonyl (C=O) groups excluding carboxylic acids is 3. The van der Waals surface area contributed by atoms with Crippen LogP contribution < -0.4 is 16.0 Å². The van der Waals surface area contributed by atoms with Crippen molar-refractivity contribution in [3.05, 3.63) is 78.3 Å². The summed E-state index contributed by atoms with van der Waals surface area (Å²) >= 11 is 0. The number of ether oxygens (including phenoxy) is 1. The van der Waals surface area contributed by atoms with Gasteiger partial charge in [0.1, 0.15) is 0 Å². The van der Waals surface area contributed by atoms with Crippen LogP contribution in [0.2, 0.25) is 0 Å². The largest absolute Gasteiger partial charge is 0.459 e. The maximum atomic E-state index is 12.4. The Bertz CT molecular complexity index is 980. The van der Waals surface area contributed by atoms with Gasteiger partial charge in [0.2, 0.25) is 0 Å². The third-order valence-corrected chi connectivity index (χ3v) is 3.81. The van der Waals surface area contributed by atoms with Crippen LogP contribution in [0.4, 0.5) is 21.9 Å². The standard InChI is InChI=1S/C21H19N3O5/c1-2-28-21(27)24-17-7-5-14(6-8-17)19(25)22-15-9-11-16(12-10-15)23-20(26)18-4-3-13-29-18/h3-13H,2H2,1H3,(H,22,25)(H,23,26)(H,24,27). The fraction of sp³-hybridized carbons (Fsp3) is 0.0952. The summed E-state index contributed by atoms with van der Waals surface area (Å²) in [5, 5.41) is 8.02. The molecular weight excluding hydrogens is 374 g/mol. The number of rotatable bonds is 6. The molecule has 148 valence electrons. The van der Waals surface area contributed by atoms with Crippen molar-refractivity contribution in [2.24, 2.45) is 0 Å². The molecule has 3 amide bonds. The summed E-state index contributed by atoms with van der Waals surface area (Å²) in [5.41, 5.74) is 2.09. The van der Waals surface area contributed by atoms with Crippen molar-refractivity contribution in [3.63, 3.8) is 0 Å². The molecule has 0 bridgehead atoms. The average Bonchev–Trinajstić information content (AvgIpc) is 3.25. The maximum absolute atomic E-state index is 12.4. The normalized spacial score (nSPS) is 10.1. The van der Waals surface area contributed by atoms with Gasteiger partial charge in [0, 0.05) is 22.6 Å². The van der Waals surface area contributed by atoms with Crippen LogP contribution in [0, 0.1) is 0 Å². The van der Waals surface area contributed by atoms with Gasteiger partial charge in [-0.3, -0.25) is 14.9 Å². The monoisotopic (exact) mass is 393 g/mol. The second kappa shape index (κ2) is 9.23. The first-order valence-electron chi connectivity index (χ1n) is 8.85. The van der Waals surface area contributed by atoms with Crippen LogP contribution in [0.5, 0.6) is 0 Å². The topological polar surface area (TPSA) is 110 Å². The summed E-state index contributed by atoms with van der Waals surface area (Å²) in [6.45, 7) is 1.99. The predicted octanol–water partition coefficient (Wildman–Crippen LogP) is 4.35. The lowest BCUT2D eigenvalue weighted by Gasteiger charge is -2.09. The minimum atomic E-state index is -0.552. The van der Waals surface area contributed by atoms with Crippen molar-refractivity contribution in [1.82, 2.24) is 0 Å². The van der Waals surface area contributed by atoms with Gasteiger partial charge in [-0.15, -0.1) is 0 Å². The SMILES string of the molecule is CCOC(=O)Nc1ccc(C(=O)Nc2ccc(NC(=O)c3ccco3)cc2)cc1. The van der Waals surface area contributed by atoms with Crippen LogP contribution in [0.25, 0.3) is 0 Å². The Morgan fingerprint density at radius 2 is 1.34 bits per heavy atom. The molecule has 0 saturated carbocycles. The second-order valence-corrected chi connectivity index (χ2v) is 5.89. The van der Waals surface area contributed by atoms with E-state index in [2.05, 4.69) is 16.0 Å². The molecular formula is C21H19N3O5. The summed E-state index contributed by atoms with van der Waals surface area (Å²) in [6, 6.07) is 16.3. The fourth-order valence-corrected chi connectivity index (χ4v) is 2.43. The van der Waals surface area contributed by atoms with Crippen LogP contribution in [0.15, 0.2) is 71.3 Å². The first-order chi connectivity index (χ1) is 14.0. The van der Waals surface area contributed by atoms with E-state index in [1.807, 2.05) is 0 Å². The van der Waals surface area contributed by atoms with Crippen LogP contribution in [0.3, 0.4) is 0 Å². The zero-order chi connectivity index (χ0) is 20.6. The van der Waals surface area contributed by atoms with Crippen molar-refractivity contribution in [3.8, 4) is 0 Å². The lowest BCUT2D eigenvalue weighted by molar-refractivity contribution is 0.0994. The van der Waals surface area contributed by atoms with Gasteiger partial charge in [0.05, 0.1) is 12.9 Å². The molecule has 8 heteroatoms.